The lowest BCUT2D eigenvalue weighted by Gasteiger charge is -2.08. The molecule has 1 heterocycles. The van der Waals surface area contributed by atoms with Gasteiger partial charge in [-0.3, -0.25) is 0 Å². The van der Waals surface area contributed by atoms with E-state index in [1.165, 1.54) is 15.0 Å². The molecular formula is C13H16N2OS. The molecular weight excluding hydrogens is 232 g/mol. The number of carbonyl (C=O) groups is 1. The molecule has 0 unspecified atom stereocenters. The molecule has 17 heavy (non-hydrogen) atoms. The molecule has 4 heteroatoms. The summed E-state index contributed by atoms with van der Waals surface area (Å²) in [5.74, 6) is 0. The predicted octanol–water partition coefficient (Wildman–Crippen LogP) is 3.11. The van der Waals surface area contributed by atoms with Crippen LogP contribution in [0.5, 0.6) is 0 Å². The fourth-order valence-electron chi connectivity index (χ4n) is 1.60. The van der Waals surface area contributed by atoms with Crippen molar-refractivity contribution >= 4 is 27.5 Å². The molecule has 3 nitrogen and oxygen atoms in total. The minimum Gasteiger partial charge on any atom is -0.336 e. The van der Waals surface area contributed by atoms with Gasteiger partial charge >= 0.3 is 6.03 Å². The number of benzene rings is 1. The molecule has 0 bridgehead atoms. The van der Waals surface area contributed by atoms with Gasteiger partial charge in [-0.25, -0.2) is 4.79 Å². The zero-order valence-electron chi connectivity index (χ0n) is 9.99. The number of carbonyl (C=O) groups excluding carboxylic acids is 1. The van der Waals surface area contributed by atoms with Crippen molar-refractivity contribution in [2.24, 2.45) is 0 Å². The standard InChI is InChI=1S/C13H16N2OS/c1-9(2)15-13(16)14-8-11-7-10-5-3-4-6-12(10)17-11/h3-7,9H,8H2,1-2H3,(H2,14,15,16). The fraction of sp³-hybridized carbons (Fsp3) is 0.308. The van der Waals surface area contributed by atoms with E-state index in [0.29, 0.717) is 6.54 Å². The first kappa shape index (κ1) is 11.9. The van der Waals surface area contributed by atoms with Gasteiger partial charge in [0.2, 0.25) is 0 Å². The number of nitrogens with one attached hydrogen (secondary N) is 2. The Kier molecular flexibility index (Phi) is 3.64. The van der Waals surface area contributed by atoms with E-state index in [1.807, 2.05) is 26.0 Å². The quantitative estimate of drug-likeness (QED) is 0.861. The lowest BCUT2D eigenvalue weighted by molar-refractivity contribution is 0.238. The minimum absolute atomic E-state index is 0.113. The second-order valence-electron chi connectivity index (χ2n) is 4.23. The highest BCUT2D eigenvalue weighted by atomic mass is 32.1. The number of amides is 2. The normalized spacial score (nSPS) is 10.8. The van der Waals surface area contributed by atoms with E-state index in [0.717, 1.165) is 0 Å². The molecule has 0 aliphatic rings. The summed E-state index contributed by atoms with van der Waals surface area (Å²) in [7, 11) is 0. The minimum atomic E-state index is -0.113. The van der Waals surface area contributed by atoms with Crippen LogP contribution < -0.4 is 10.6 Å². The van der Waals surface area contributed by atoms with Crippen molar-refractivity contribution in [3.05, 3.63) is 35.2 Å². The number of hydrogen-bond donors (Lipinski definition) is 2. The van der Waals surface area contributed by atoms with E-state index in [2.05, 4.69) is 28.8 Å². The molecule has 0 saturated carbocycles. The third-order valence-electron chi connectivity index (χ3n) is 2.32. The lowest BCUT2D eigenvalue weighted by Crippen LogP contribution is -2.38. The Morgan fingerprint density at radius 1 is 1.35 bits per heavy atom. The molecule has 90 valence electrons. The molecule has 2 N–H and O–H groups in total. The van der Waals surface area contributed by atoms with Crippen LogP contribution in [0.4, 0.5) is 4.79 Å². The molecule has 2 amide bonds. The summed E-state index contributed by atoms with van der Waals surface area (Å²) in [6.07, 6.45) is 0. The van der Waals surface area contributed by atoms with Gasteiger partial charge in [0.1, 0.15) is 0 Å². The molecule has 0 fully saturated rings. The van der Waals surface area contributed by atoms with Crippen molar-refractivity contribution in [1.29, 1.82) is 0 Å². The molecule has 1 aromatic carbocycles. The second-order valence-corrected chi connectivity index (χ2v) is 5.40. The number of hydrogen-bond acceptors (Lipinski definition) is 2. The first-order valence-corrected chi connectivity index (χ1v) is 6.48. The molecule has 0 radical (unpaired) electrons. The van der Waals surface area contributed by atoms with Gasteiger partial charge in [-0.05, 0) is 31.4 Å². The van der Waals surface area contributed by atoms with Crippen molar-refractivity contribution < 1.29 is 4.79 Å². The van der Waals surface area contributed by atoms with Crippen molar-refractivity contribution in [3.63, 3.8) is 0 Å². The smallest absolute Gasteiger partial charge is 0.315 e. The maximum Gasteiger partial charge on any atom is 0.315 e. The Labute approximate surface area is 105 Å². The predicted molar refractivity (Wildman–Crippen MR) is 72.3 cm³/mol. The molecule has 2 rings (SSSR count). The molecule has 2 aromatic rings. The van der Waals surface area contributed by atoms with E-state index in [9.17, 15) is 4.79 Å². The Balaban J connectivity index is 1.97. The van der Waals surface area contributed by atoms with Crippen LogP contribution in [0, 0.1) is 0 Å². The van der Waals surface area contributed by atoms with E-state index < -0.39 is 0 Å². The Bertz CT molecular complexity index is 486. The highest BCUT2D eigenvalue weighted by Crippen LogP contribution is 2.24. The third-order valence-corrected chi connectivity index (χ3v) is 3.44. The van der Waals surface area contributed by atoms with Gasteiger partial charge < -0.3 is 10.6 Å². The van der Waals surface area contributed by atoms with Crippen molar-refractivity contribution in [1.82, 2.24) is 10.6 Å². The van der Waals surface area contributed by atoms with Crippen LogP contribution in [-0.4, -0.2) is 12.1 Å². The summed E-state index contributed by atoms with van der Waals surface area (Å²) in [5.41, 5.74) is 0. The van der Waals surface area contributed by atoms with E-state index >= 15 is 0 Å². The summed E-state index contributed by atoms with van der Waals surface area (Å²) in [6, 6.07) is 10.4. The van der Waals surface area contributed by atoms with Gasteiger partial charge in [0.25, 0.3) is 0 Å². The lowest BCUT2D eigenvalue weighted by atomic mass is 10.2. The van der Waals surface area contributed by atoms with Crippen molar-refractivity contribution in [2.75, 3.05) is 0 Å². The number of urea groups is 1. The first-order valence-electron chi connectivity index (χ1n) is 5.67. The van der Waals surface area contributed by atoms with Gasteiger partial charge in [-0.2, -0.15) is 0 Å². The van der Waals surface area contributed by atoms with E-state index in [1.54, 1.807) is 11.3 Å². The largest absolute Gasteiger partial charge is 0.336 e. The average Bonchev–Trinajstić information content (AvgIpc) is 2.68. The van der Waals surface area contributed by atoms with Crippen LogP contribution in [0.3, 0.4) is 0 Å². The molecule has 0 aliphatic carbocycles. The monoisotopic (exact) mass is 248 g/mol. The van der Waals surface area contributed by atoms with Gasteiger partial charge in [0, 0.05) is 15.6 Å². The van der Waals surface area contributed by atoms with E-state index in [-0.39, 0.29) is 12.1 Å². The van der Waals surface area contributed by atoms with Gasteiger partial charge in [-0.15, -0.1) is 11.3 Å². The second kappa shape index (κ2) is 5.19. The molecule has 0 saturated heterocycles. The van der Waals surface area contributed by atoms with Gasteiger partial charge in [0.15, 0.2) is 0 Å². The Hall–Kier alpha value is -1.55. The van der Waals surface area contributed by atoms with Gasteiger partial charge in [0.05, 0.1) is 6.54 Å². The van der Waals surface area contributed by atoms with Crippen LogP contribution >= 0.6 is 11.3 Å². The molecule has 1 aromatic heterocycles. The van der Waals surface area contributed by atoms with Gasteiger partial charge in [-0.1, -0.05) is 18.2 Å². The zero-order chi connectivity index (χ0) is 12.3. The first-order chi connectivity index (χ1) is 8.15. The maximum atomic E-state index is 11.4. The van der Waals surface area contributed by atoms with Crippen molar-refractivity contribution in [2.45, 2.75) is 26.4 Å². The number of rotatable bonds is 3. The molecule has 0 spiro atoms. The maximum absolute atomic E-state index is 11.4. The summed E-state index contributed by atoms with van der Waals surface area (Å²) in [4.78, 5) is 12.6. The fourth-order valence-corrected chi connectivity index (χ4v) is 2.61. The summed E-state index contributed by atoms with van der Waals surface area (Å²) >= 11 is 1.72. The van der Waals surface area contributed by atoms with Crippen LogP contribution in [-0.2, 0) is 6.54 Å². The average molecular weight is 248 g/mol. The van der Waals surface area contributed by atoms with Crippen molar-refractivity contribution in [3.8, 4) is 0 Å². The molecule has 0 aliphatic heterocycles. The molecule has 0 atom stereocenters. The van der Waals surface area contributed by atoms with Crippen LogP contribution in [0.2, 0.25) is 0 Å². The Morgan fingerprint density at radius 2 is 2.12 bits per heavy atom. The number of thiophene rings is 1. The highest BCUT2D eigenvalue weighted by Gasteiger charge is 2.04. The topological polar surface area (TPSA) is 41.1 Å². The summed E-state index contributed by atoms with van der Waals surface area (Å²) in [5, 5.41) is 6.89. The number of fused-ring (bicyclic) bond motifs is 1. The third kappa shape index (κ3) is 3.20. The summed E-state index contributed by atoms with van der Waals surface area (Å²) in [6.45, 7) is 4.47. The van der Waals surface area contributed by atoms with Crippen LogP contribution in [0.15, 0.2) is 30.3 Å². The van der Waals surface area contributed by atoms with E-state index in [4.69, 9.17) is 0 Å². The Morgan fingerprint density at radius 3 is 2.82 bits per heavy atom. The zero-order valence-corrected chi connectivity index (χ0v) is 10.8. The SMILES string of the molecule is CC(C)NC(=O)NCc1cc2ccccc2s1. The summed E-state index contributed by atoms with van der Waals surface area (Å²) < 4.78 is 1.26. The van der Waals surface area contributed by atoms with Crippen LogP contribution in [0.25, 0.3) is 10.1 Å². The highest BCUT2D eigenvalue weighted by molar-refractivity contribution is 7.19. The van der Waals surface area contributed by atoms with Crippen LogP contribution in [0.1, 0.15) is 18.7 Å².